The lowest BCUT2D eigenvalue weighted by atomic mass is 10.4. The molecule has 0 saturated heterocycles. The Labute approximate surface area is 59.6 Å². The third-order valence-electron chi connectivity index (χ3n) is 0.870. The SMILES string of the molecule is Pc1ccc(Br)cc1. The maximum Gasteiger partial charge on any atom is 0.0175 e. The average Bonchev–Trinajstić information content (AvgIpc) is 1.77. The number of hydrogen-bond donors (Lipinski definition) is 0. The van der Waals surface area contributed by atoms with Gasteiger partial charge < -0.3 is 0 Å². The van der Waals surface area contributed by atoms with Gasteiger partial charge in [0.05, 0.1) is 0 Å². The lowest BCUT2D eigenvalue weighted by Crippen LogP contribution is -1.84. The van der Waals surface area contributed by atoms with Crippen molar-refractivity contribution in [3.05, 3.63) is 28.7 Å². The molecule has 1 aromatic rings. The summed E-state index contributed by atoms with van der Waals surface area (Å²) in [5.74, 6) is 0. The van der Waals surface area contributed by atoms with Gasteiger partial charge in [0.2, 0.25) is 0 Å². The fourth-order valence-corrected chi connectivity index (χ4v) is 0.920. The second-order valence-corrected chi connectivity index (χ2v) is 3.13. The van der Waals surface area contributed by atoms with Gasteiger partial charge in [0.25, 0.3) is 0 Å². The molecule has 0 aliphatic carbocycles. The molecule has 0 saturated carbocycles. The van der Waals surface area contributed by atoms with Crippen LogP contribution in [-0.4, -0.2) is 0 Å². The van der Waals surface area contributed by atoms with Gasteiger partial charge in [-0.2, -0.15) is 0 Å². The largest absolute Gasteiger partial charge is 0.106 e. The normalized spacial score (nSPS) is 9.25. The highest BCUT2D eigenvalue weighted by atomic mass is 79.9. The van der Waals surface area contributed by atoms with Crippen molar-refractivity contribution in [2.75, 3.05) is 0 Å². The minimum absolute atomic E-state index is 1.13. The van der Waals surface area contributed by atoms with Crippen molar-refractivity contribution in [3.8, 4) is 0 Å². The van der Waals surface area contributed by atoms with E-state index in [0.717, 1.165) is 4.47 Å². The Hall–Kier alpha value is 0.130. The molecule has 42 valence electrons. The van der Waals surface area contributed by atoms with E-state index in [1.807, 2.05) is 24.3 Å². The monoisotopic (exact) mass is 188 g/mol. The molecule has 1 aromatic carbocycles. The van der Waals surface area contributed by atoms with Crippen LogP contribution in [0.3, 0.4) is 0 Å². The summed E-state index contributed by atoms with van der Waals surface area (Å²) in [4.78, 5) is 0. The standard InChI is InChI=1S/C6H6BrP/c7-5-1-3-6(8)4-2-5/h1-4H,8H2. The second kappa shape index (κ2) is 2.61. The van der Waals surface area contributed by atoms with E-state index >= 15 is 0 Å². The lowest BCUT2D eigenvalue weighted by Gasteiger charge is -1.88. The summed E-state index contributed by atoms with van der Waals surface area (Å²) < 4.78 is 1.13. The zero-order chi connectivity index (χ0) is 5.98. The third-order valence-corrected chi connectivity index (χ3v) is 1.78. The summed E-state index contributed by atoms with van der Waals surface area (Å²) in [6, 6.07) is 8.11. The number of benzene rings is 1. The van der Waals surface area contributed by atoms with E-state index in [2.05, 4.69) is 25.2 Å². The molecule has 0 aliphatic heterocycles. The Balaban J connectivity index is 3.03. The van der Waals surface area contributed by atoms with E-state index in [4.69, 9.17) is 0 Å². The smallest absolute Gasteiger partial charge is 0.0175 e. The molecule has 1 unspecified atom stereocenters. The molecule has 0 nitrogen and oxygen atoms in total. The molecule has 0 aromatic heterocycles. The van der Waals surface area contributed by atoms with Crippen molar-refractivity contribution in [1.82, 2.24) is 0 Å². The predicted octanol–water partition coefficient (Wildman–Crippen LogP) is 1.95. The Morgan fingerprint density at radius 3 is 2.00 bits per heavy atom. The minimum Gasteiger partial charge on any atom is -0.106 e. The molecule has 0 amide bonds. The summed E-state index contributed by atoms with van der Waals surface area (Å²) in [7, 11) is 2.63. The van der Waals surface area contributed by atoms with Crippen LogP contribution < -0.4 is 5.30 Å². The summed E-state index contributed by atoms with van der Waals surface area (Å²) in [5, 5.41) is 1.22. The van der Waals surface area contributed by atoms with Crippen LogP contribution in [-0.2, 0) is 0 Å². The van der Waals surface area contributed by atoms with Crippen LogP contribution in [0.5, 0.6) is 0 Å². The highest BCUT2D eigenvalue weighted by Gasteiger charge is 1.81. The lowest BCUT2D eigenvalue weighted by molar-refractivity contribution is 1.70. The van der Waals surface area contributed by atoms with Crippen LogP contribution in [0.1, 0.15) is 0 Å². The van der Waals surface area contributed by atoms with Crippen LogP contribution in [0.25, 0.3) is 0 Å². The zero-order valence-corrected chi connectivity index (χ0v) is 7.01. The molecule has 0 aliphatic rings. The first kappa shape index (κ1) is 6.25. The van der Waals surface area contributed by atoms with Crippen molar-refractivity contribution < 1.29 is 0 Å². The van der Waals surface area contributed by atoms with E-state index in [-0.39, 0.29) is 0 Å². The Morgan fingerprint density at radius 2 is 1.62 bits per heavy atom. The molecule has 1 rings (SSSR count). The van der Waals surface area contributed by atoms with E-state index in [1.165, 1.54) is 5.30 Å². The van der Waals surface area contributed by atoms with Gasteiger partial charge in [0, 0.05) is 4.47 Å². The summed E-state index contributed by atoms with van der Waals surface area (Å²) in [6.45, 7) is 0. The highest BCUT2D eigenvalue weighted by molar-refractivity contribution is 9.10. The highest BCUT2D eigenvalue weighted by Crippen LogP contribution is 2.05. The Bertz CT molecular complexity index is 147. The molecule has 0 spiro atoms. The summed E-state index contributed by atoms with van der Waals surface area (Å²) >= 11 is 3.34. The van der Waals surface area contributed by atoms with Crippen LogP contribution >= 0.6 is 25.2 Å². The number of hydrogen-bond acceptors (Lipinski definition) is 0. The number of halogens is 1. The number of rotatable bonds is 0. The van der Waals surface area contributed by atoms with Gasteiger partial charge in [-0.05, 0) is 17.4 Å². The van der Waals surface area contributed by atoms with E-state index in [9.17, 15) is 0 Å². The molecule has 2 heteroatoms. The quantitative estimate of drug-likeness (QED) is 0.547. The van der Waals surface area contributed by atoms with Gasteiger partial charge in [-0.15, -0.1) is 9.24 Å². The molecular weight excluding hydrogens is 183 g/mol. The molecule has 1 atom stereocenters. The van der Waals surface area contributed by atoms with Crippen molar-refractivity contribution in [3.63, 3.8) is 0 Å². The molecule has 8 heavy (non-hydrogen) atoms. The first-order chi connectivity index (χ1) is 3.79. The first-order valence-electron chi connectivity index (χ1n) is 2.30. The van der Waals surface area contributed by atoms with Crippen molar-refractivity contribution in [2.24, 2.45) is 0 Å². The van der Waals surface area contributed by atoms with Crippen LogP contribution in [0, 0.1) is 0 Å². The third kappa shape index (κ3) is 1.57. The van der Waals surface area contributed by atoms with Gasteiger partial charge in [-0.1, -0.05) is 28.1 Å². The van der Waals surface area contributed by atoms with Gasteiger partial charge in [0.1, 0.15) is 0 Å². The predicted molar refractivity (Wildman–Crippen MR) is 43.5 cm³/mol. The minimum atomic E-state index is 1.13. The van der Waals surface area contributed by atoms with Gasteiger partial charge >= 0.3 is 0 Å². The van der Waals surface area contributed by atoms with Gasteiger partial charge in [0.15, 0.2) is 0 Å². The average molecular weight is 189 g/mol. The van der Waals surface area contributed by atoms with Gasteiger partial charge in [-0.3, -0.25) is 0 Å². The fraction of sp³-hybridized carbons (Fsp3) is 0. The second-order valence-electron chi connectivity index (χ2n) is 1.55. The Kier molecular flexibility index (Phi) is 2.04. The van der Waals surface area contributed by atoms with Crippen molar-refractivity contribution in [1.29, 1.82) is 0 Å². The fourth-order valence-electron chi connectivity index (χ4n) is 0.463. The molecule has 0 fully saturated rings. The molecule has 0 N–H and O–H groups in total. The molecule has 0 heterocycles. The maximum atomic E-state index is 3.34. The van der Waals surface area contributed by atoms with Crippen LogP contribution in [0.2, 0.25) is 0 Å². The Morgan fingerprint density at radius 1 is 1.12 bits per heavy atom. The first-order valence-corrected chi connectivity index (χ1v) is 3.67. The van der Waals surface area contributed by atoms with E-state index in [1.54, 1.807) is 0 Å². The molecule has 0 radical (unpaired) electrons. The molecule has 0 bridgehead atoms. The van der Waals surface area contributed by atoms with Crippen molar-refractivity contribution in [2.45, 2.75) is 0 Å². The molecular formula is C6H6BrP. The van der Waals surface area contributed by atoms with Crippen LogP contribution in [0.15, 0.2) is 28.7 Å². The maximum absolute atomic E-state index is 3.34. The van der Waals surface area contributed by atoms with Gasteiger partial charge in [-0.25, -0.2) is 0 Å². The van der Waals surface area contributed by atoms with Crippen molar-refractivity contribution >= 4 is 30.5 Å². The van der Waals surface area contributed by atoms with Crippen LogP contribution in [0.4, 0.5) is 0 Å². The summed E-state index contributed by atoms with van der Waals surface area (Å²) in [6.07, 6.45) is 0. The zero-order valence-electron chi connectivity index (χ0n) is 4.26. The van der Waals surface area contributed by atoms with E-state index in [0.29, 0.717) is 0 Å². The topological polar surface area (TPSA) is 0 Å². The summed E-state index contributed by atoms with van der Waals surface area (Å²) in [5.41, 5.74) is 0. The van der Waals surface area contributed by atoms with E-state index < -0.39 is 0 Å².